The lowest BCUT2D eigenvalue weighted by Gasteiger charge is -2.14. The largest absolute Gasteiger partial charge is 0.490 e. The average molecular weight is 442 g/mol. The van der Waals surface area contributed by atoms with Crippen molar-refractivity contribution in [2.45, 2.75) is 39.8 Å². The van der Waals surface area contributed by atoms with Crippen LogP contribution in [0.3, 0.4) is 0 Å². The van der Waals surface area contributed by atoms with E-state index >= 15 is 0 Å². The van der Waals surface area contributed by atoms with E-state index in [1.54, 1.807) is 17.1 Å². The van der Waals surface area contributed by atoms with Crippen LogP contribution < -0.4 is 14.8 Å². The number of carbonyl (C=O) groups excluding carboxylic acids is 1. The lowest BCUT2D eigenvalue weighted by molar-refractivity contribution is -0.385. The fourth-order valence-corrected chi connectivity index (χ4v) is 3.21. The molecule has 0 fully saturated rings. The van der Waals surface area contributed by atoms with Crippen molar-refractivity contribution in [3.05, 3.63) is 58.7 Å². The predicted molar refractivity (Wildman–Crippen MR) is 117 cm³/mol. The summed E-state index contributed by atoms with van der Waals surface area (Å²) >= 11 is 0. The number of hydrogen-bond acceptors (Lipinski definition) is 7. The Kier molecular flexibility index (Phi) is 7.42. The lowest BCUT2D eigenvalue weighted by Crippen LogP contribution is -2.25. The van der Waals surface area contributed by atoms with E-state index in [-0.39, 0.29) is 11.6 Å². The molecule has 2 aromatic heterocycles. The second-order valence-corrected chi connectivity index (χ2v) is 6.92. The summed E-state index contributed by atoms with van der Waals surface area (Å²) in [5, 5.41) is 21.9. The number of rotatable bonds is 11. The summed E-state index contributed by atoms with van der Waals surface area (Å²) < 4.78 is 14.2. The Bertz CT molecular complexity index is 1080. The molecule has 0 spiro atoms. The van der Waals surface area contributed by atoms with Gasteiger partial charge in [0.1, 0.15) is 18.4 Å². The zero-order valence-electron chi connectivity index (χ0n) is 18.2. The molecule has 0 radical (unpaired) electrons. The first-order valence-electron chi connectivity index (χ1n) is 10.4. The molecule has 0 aliphatic heterocycles. The maximum atomic E-state index is 12.7. The third kappa shape index (κ3) is 5.42. The zero-order valence-corrected chi connectivity index (χ0v) is 18.2. The van der Waals surface area contributed by atoms with E-state index in [1.165, 1.54) is 10.9 Å². The quantitative estimate of drug-likeness (QED) is 0.356. The van der Waals surface area contributed by atoms with Crippen LogP contribution >= 0.6 is 0 Å². The molecule has 1 N–H and O–H groups in total. The first-order chi connectivity index (χ1) is 15.4. The molecule has 0 bridgehead atoms. The molecule has 1 unspecified atom stereocenters. The molecule has 1 atom stereocenters. The van der Waals surface area contributed by atoms with Gasteiger partial charge in [-0.1, -0.05) is 13.0 Å². The topological polar surface area (TPSA) is 126 Å². The summed E-state index contributed by atoms with van der Waals surface area (Å²) in [4.78, 5) is 23.0. The van der Waals surface area contributed by atoms with Gasteiger partial charge in [-0.15, -0.1) is 0 Å². The van der Waals surface area contributed by atoms with Gasteiger partial charge < -0.3 is 14.8 Å². The van der Waals surface area contributed by atoms with Gasteiger partial charge >= 0.3 is 5.69 Å². The van der Waals surface area contributed by atoms with Crippen LogP contribution in [0.15, 0.2) is 43.0 Å². The average Bonchev–Trinajstić information content (AvgIpc) is 3.41. The van der Waals surface area contributed by atoms with Crippen LogP contribution in [-0.4, -0.2) is 43.6 Å². The predicted octanol–water partition coefficient (Wildman–Crippen LogP) is 3.42. The number of benzene rings is 1. The van der Waals surface area contributed by atoms with E-state index in [2.05, 4.69) is 15.5 Å². The fraction of sp³-hybridized carbons (Fsp3) is 0.381. The Labute approximate surface area is 185 Å². The van der Waals surface area contributed by atoms with Gasteiger partial charge in [0.05, 0.1) is 36.6 Å². The van der Waals surface area contributed by atoms with Crippen LogP contribution in [0.5, 0.6) is 11.5 Å². The van der Waals surface area contributed by atoms with Crippen LogP contribution in [0.4, 0.5) is 11.4 Å². The monoisotopic (exact) mass is 442 g/mol. The molecule has 170 valence electrons. The summed E-state index contributed by atoms with van der Waals surface area (Å²) in [6.45, 7) is 7.19. The number of nitrogens with zero attached hydrogens (tertiary/aromatic N) is 5. The second-order valence-electron chi connectivity index (χ2n) is 6.92. The SMILES string of the molecule is CCOc1ccc(Cn2cc(NC(=O)C(CC)n3cc([N+](=O)[O-])cn3)cn2)cc1OCC. The van der Waals surface area contributed by atoms with Crippen molar-refractivity contribution in [1.29, 1.82) is 0 Å². The summed E-state index contributed by atoms with van der Waals surface area (Å²) in [7, 11) is 0. The van der Waals surface area contributed by atoms with Gasteiger partial charge in [-0.25, -0.2) is 0 Å². The lowest BCUT2D eigenvalue weighted by atomic mass is 10.2. The smallest absolute Gasteiger partial charge is 0.307 e. The van der Waals surface area contributed by atoms with Crippen molar-refractivity contribution in [3.63, 3.8) is 0 Å². The maximum Gasteiger partial charge on any atom is 0.307 e. The highest BCUT2D eigenvalue weighted by atomic mass is 16.6. The zero-order chi connectivity index (χ0) is 23.1. The molecule has 3 rings (SSSR count). The highest BCUT2D eigenvalue weighted by Gasteiger charge is 2.22. The Morgan fingerprint density at radius 2 is 1.88 bits per heavy atom. The maximum absolute atomic E-state index is 12.7. The van der Waals surface area contributed by atoms with Crippen LogP contribution in [-0.2, 0) is 11.3 Å². The Balaban J connectivity index is 1.68. The van der Waals surface area contributed by atoms with E-state index in [1.807, 2.05) is 39.0 Å². The molecule has 32 heavy (non-hydrogen) atoms. The third-order valence-electron chi connectivity index (χ3n) is 4.66. The van der Waals surface area contributed by atoms with Gasteiger partial charge in [0, 0.05) is 6.20 Å². The summed E-state index contributed by atoms with van der Waals surface area (Å²) in [6.07, 6.45) is 6.06. The number of amides is 1. The highest BCUT2D eigenvalue weighted by Crippen LogP contribution is 2.29. The highest BCUT2D eigenvalue weighted by molar-refractivity contribution is 5.93. The molecule has 2 heterocycles. The van der Waals surface area contributed by atoms with Gasteiger partial charge in [0.15, 0.2) is 11.5 Å². The first kappa shape index (κ1) is 22.8. The molecule has 3 aromatic rings. The van der Waals surface area contributed by atoms with Gasteiger partial charge in [-0.05, 0) is 38.0 Å². The molecule has 1 aromatic carbocycles. The number of hydrogen-bond donors (Lipinski definition) is 1. The van der Waals surface area contributed by atoms with E-state index in [9.17, 15) is 14.9 Å². The van der Waals surface area contributed by atoms with Gasteiger partial charge in [-0.3, -0.25) is 24.3 Å². The number of nitrogens with one attached hydrogen (secondary N) is 1. The molecular weight excluding hydrogens is 416 g/mol. The molecular formula is C21H26N6O5. The van der Waals surface area contributed by atoms with E-state index in [0.29, 0.717) is 43.4 Å². The van der Waals surface area contributed by atoms with Crippen molar-refractivity contribution in [2.75, 3.05) is 18.5 Å². The van der Waals surface area contributed by atoms with Crippen LogP contribution in [0.2, 0.25) is 0 Å². The van der Waals surface area contributed by atoms with E-state index in [0.717, 1.165) is 11.8 Å². The normalized spacial score (nSPS) is 11.7. The van der Waals surface area contributed by atoms with Crippen molar-refractivity contribution < 1.29 is 19.2 Å². The summed E-state index contributed by atoms with van der Waals surface area (Å²) in [6, 6.07) is 5.04. The number of aromatic nitrogens is 4. The van der Waals surface area contributed by atoms with Crippen molar-refractivity contribution >= 4 is 17.3 Å². The van der Waals surface area contributed by atoms with Crippen molar-refractivity contribution in [2.24, 2.45) is 0 Å². The van der Waals surface area contributed by atoms with E-state index in [4.69, 9.17) is 9.47 Å². The molecule has 0 aliphatic carbocycles. The molecule has 0 saturated heterocycles. The standard InChI is InChI=1S/C21H26N6O5/c1-4-18(26-14-17(11-23-26)27(29)30)21(28)24-16-10-22-25(13-16)12-15-7-8-19(31-5-2)20(9-15)32-6-3/h7-11,13-14,18H,4-6,12H2,1-3H3,(H,24,28). The number of nitro groups is 1. The molecule has 0 aliphatic rings. The summed E-state index contributed by atoms with van der Waals surface area (Å²) in [5.74, 6) is 1.03. The summed E-state index contributed by atoms with van der Waals surface area (Å²) in [5.41, 5.74) is 1.32. The molecule has 11 nitrogen and oxygen atoms in total. The molecule has 11 heteroatoms. The number of ether oxygens (including phenoxy) is 2. The van der Waals surface area contributed by atoms with Gasteiger partial charge in [0.25, 0.3) is 0 Å². The van der Waals surface area contributed by atoms with Gasteiger partial charge in [-0.2, -0.15) is 10.2 Å². The van der Waals surface area contributed by atoms with Crippen LogP contribution in [0.25, 0.3) is 0 Å². The van der Waals surface area contributed by atoms with Crippen molar-refractivity contribution in [1.82, 2.24) is 19.6 Å². The minimum Gasteiger partial charge on any atom is -0.490 e. The van der Waals surface area contributed by atoms with E-state index < -0.39 is 11.0 Å². The first-order valence-corrected chi connectivity index (χ1v) is 10.4. The van der Waals surface area contributed by atoms with Crippen LogP contribution in [0.1, 0.15) is 38.8 Å². The third-order valence-corrected chi connectivity index (χ3v) is 4.66. The van der Waals surface area contributed by atoms with Crippen molar-refractivity contribution in [3.8, 4) is 11.5 Å². The minimum atomic E-state index is -0.674. The number of anilines is 1. The fourth-order valence-electron chi connectivity index (χ4n) is 3.21. The second kappa shape index (κ2) is 10.4. The Morgan fingerprint density at radius 3 is 2.53 bits per heavy atom. The van der Waals surface area contributed by atoms with Crippen LogP contribution in [0, 0.1) is 10.1 Å². The molecule has 1 amide bonds. The Morgan fingerprint density at radius 1 is 1.12 bits per heavy atom. The minimum absolute atomic E-state index is 0.161. The Hall–Kier alpha value is -3.89. The van der Waals surface area contributed by atoms with Gasteiger partial charge in [0.2, 0.25) is 5.91 Å². The molecule has 0 saturated carbocycles. The number of carbonyl (C=O) groups is 1.